The number of imidazole rings is 1. The van der Waals surface area contributed by atoms with Gasteiger partial charge in [0, 0.05) is 31.2 Å². The van der Waals surface area contributed by atoms with Crippen LogP contribution in [0.3, 0.4) is 0 Å². The van der Waals surface area contributed by atoms with Crippen molar-refractivity contribution in [1.29, 1.82) is 0 Å². The van der Waals surface area contributed by atoms with Crippen LogP contribution in [-0.4, -0.2) is 63.8 Å². The molecular formula is C26H28ClN5O4S. The van der Waals surface area contributed by atoms with E-state index >= 15 is 0 Å². The first-order valence-corrected chi connectivity index (χ1v) is 13.4. The number of methoxy groups -OCH3 is 1. The molecule has 0 radical (unpaired) electrons. The van der Waals surface area contributed by atoms with Crippen LogP contribution in [0.15, 0.2) is 40.9 Å². The third-order valence-electron chi connectivity index (χ3n) is 6.67. The lowest BCUT2D eigenvalue weighted by Crippen LogP contribution is -2.47. The number of benzene rings is 1. The zero-order valence-electron chi connectivity index (χ0n) is 20.9. The molecule has 1 aliphatic heterocycles. The summed E-state index contributed by atoms with van der Waals surface area (Å²) in [6.07, 6.45) is 1.74. The summed E-state index contributed by atoms with van der Waals surface area (Å²) in [5.74, 6) is -0.00797. The van der Waals surface area contributed by atoms with Gasteiger partial charge in [-0.15, -0.1) is 11.3 Å². The van der Waals surface area contributed by atoms with E-state index in [-0.39, 0.29) is 24.3 Å². The number of thiophene rings is 1. The Morgan fingerprint density at radius 3 is 2.70 bits per heavy atom. The summed E-state index contributed by atoms with van der Waals surface area (Å²) >= 11 is 7.46. The average molecular weight is 542 g/mol. The standard InChI is InChI=1S/C26H28ClN5O4S/c1-15(2)31-11-9-16(10-12-31)28-25(33)24-29-19-6-4-5-18(26(34)35-3)23(19)32(24)14-17-13-20(36-30-17)21-7-8-22(27)37-21/h4-8,13,15-16H,9-12,14H2,1-3H3,(H,28,33). The van der Waals surface area contributed by atoms with E-state index in [0.717, 1.165) is 30.8 Å². The number of hydrogen-bond acceptors (Lipinski definition) is 8. The van der Waals surface area contributed by atoms with Crippen molar-refractivity contribution in [2.24, 2.45) is 0 Å². The summed E-state index contributed by atoms with van der Waals surface area (Å²) in [5, 5.41) is 7.36. The number of para-hydroxylation sites is 1. The van der Waals surface area contributed by atoms with E-state index in [1.807, 2.05) is 6.07 Å². The molecule has 1 amide bonds. The number of likely N-dealkylation sites (tertiary alicyclic amines) is 1. The van der Waals surface area contributed by atoms with Crippen molar-refractivity contribution in [2.75, 3.05) is 20.2 Å². The number of ether oxygens (including phenoxy) is 1. The Bertz CT molecular complexity index is 1430. The summed E-state index contributed by atoms with van der Waals surface area (Å²) < 4.78 is 12.9. The minimum atomic E-state index is -0.506. The van der Waals surface area contributed by atoms with Gasteiger partial charge in [-0.05, 0) is 51.0 Å². The predicted molar refractivity (Wildman–Crippen MR) is 142 cm³/mol. The monoisotopic (exact) mass is 541 g/mol. The number of halogens is 1. The molecule has 1 saturated heterocycles. The topological polar surface area (TPSA) is 102 Å². The largest absolute Gasteiger partial charge is 0.465 e. The number of esters is 1. The van der Waals surface area contributed by atoms with Crippen LogP contribution in [0.1, 0.15) is 53.4 Å². The summed E-state index contributed by atoms with van der Waals surface area (Å²) in [5.41, 5.74) is 1.94. The molecule has 0 saturated carbocycles. The van der Waals surface area contributed by atoms with Crippen molar-refractivity contribution in [3.8, 4) is 10.6 Å². The highest BCUT2D eigenvalue weighted by atomic mass is 35.5. The zero-order valence-corrected chi connectivity index (χ0v) is 22.4. The number of piperidine rings is 1. The lowest BCUT2D eigenvalue weighted by Gasteiger charge is -2.34. The van der Waals surface area contributed by atoms with E-state index in [1.165, 1.54) is 18.4 Å². The molecule has 4 heterocycles. The third kappa shape index (κ3) is 5.27. The predicted octanol–water partition coefficient (Wildman–Crippen LogP) is 4.84. The molecule has 3 aromatic heterocycles. The van der Waals surface area contributed by atoms with E-state index in [1.54, 1.807) is 34.9 Å². The highest BCUT2D eigenvalue weighted by Crippen LogP contribution is 2.32. The SMILES string of the molecule is COC(=O)c1cccc2nc(C(=O)NC3CCN(C(C)C)CC3)n(Cc3cc(-c4ccc(Cl)s4)on3)c12. The smallest absolute Gasteiger partial charge is 0.340 e. The van der Waals surface area contributed by atoms with Crippen molar-refractivity contribution in [3.05, 3.63) is 57.8 Å². The number of rotatable bonds is 7. The summed E-state index contributed by atoms with van der Waals surface area (Å²) in [4.78, 5) is 34.0. The molecule has 1 fully saturated rings. The van der Waals surface area contributed by atoms with Crippen LogP contribution in [0.4, 0.5) is 0 Å². The van der Waals surface area contributed by atoms with Gasteiger partial charge >= 0.3 is 5.97 Å². The maximum Gasteiger partial charge on any atom is 0.340 e. The maximum absolute atomic E-state index is 13.5. The third-order valence-corrected chi connectivity index (χ3v) is 7.91. The molecule has 37 heavy (non-hydrogen) atoms. The number of amides is 1. The van der Waals surface area contributed by atoms with Gasteiger partial charge in [0.25, 0.3) is 5.91 Å². The Labute approximate surface area is 223 Å². The fourth-order valence-electron chi connectivity index (χ4n) is 4.71. The first kappa shape index (κ1) is 25.4. The molecule has 4 aromatic rings. The van der Waals surface area contributed by atoms with Crippen molar-refractivity contribution >= 4 is 45.8 Å². The molecule has 1 aliphatic rings. The van der Waals surface area contributed by atoms with Crippen molar-refractivity contribution < 1.29 is 18.8 Å². The van der Waals surface area contributed by atoms with E-state index in [2.05, 4.69) is 34.2 Å². The molecule has 0 spiro atoms. The number of fused-ring (bicyclic) bond motifs is 1. The fraction of sp³-hybridized carbons (Fsp3) is 0.385. The van der Waals surface area contributed by atoms with Gasteiger partial charge in [-0.1, -0.05) is 22.8 Å². The van der Waals surface area contributed by atoms with Gasteiger partial charge in [0.1, 0.15) is 5.69 Å². The second kappa shape index (κ2) is 10.6. The molecule has 0 atom stereocenters. The number of nitrogens with zero attached hydrogens (tertiary/aromatic N) is 4. The van der Waals surface area contributed by atoms with Gasteiger partial charge in [0.2, 0.25) is 0 Å². The van der Waals surface area contributed by atoms with Crippen LogP contribution in [0.25, 0.3) is 21.7 Å². The molecule has 5 rings (SSSR count). The average Bonchev–Trinajstić information content (AvgIpc) is 3.63. The van der Waals surface area contributed by atoms with Gasteiger partial charge in [0.05, 0.1) is 39.5 Å². The van der Waals surface area contributed by atoms with E-state index in [0.29, 0.717) is 38.4 Å². The first-order valence-electron chi connectivity index (χ1n) is 12.2. The van der Waals surface area contributed by atoms with Gasteiger partial charge < -0.3 is 24.0 Å². The highest BCUT2D eigenvalue weighted by molar-refractivity contribution is 7.19. The first-order chi connectivity index (χ1) is 17.8. The lowest BCUT2D eigenvalue weighted by molar-refractivity contribution is 0.0602. The number of carbonyl (C=O) groups excluding carboxylic acids is 2. The van der Waals surface area contributed by atoms with Gasteiger partial charge in [-0.2, -0.15) is 0 Å². The van der Waals surface area contributed by atoms with E-state index in [9.17, 15) is 9.59 Å². The maximum atomic E-state index is 13.5. The normalized spacial score (nSPS) is 14.9. The molecule has 1 N–H and O–H groups in total. The Hall–Kier alpha value is -3.21. The number of carbonyl (C=O) groups is 2. The molecule has 0 unspecified atom stereocenters. The molecule has 0 bridgehead atoms. The minimum Gasteiger partial charge on any atom is -0.465 e. The Morgan fingerprint density at radius 1 is 1.24 bits per heavy atom. The minimum absolute atomic E-state index is 0.0538. The highest BCUT2D eigenvalue weighted by Gasteiger charge is 2.27. The van der Waals surface area contributed by atoms with Crippen LogP contribution in [-0.2, 0) is 11.3 Å². The molecule has 9 nitrogen and oxygen atoms in total. The number of hydrogen-bond donors (Lipinski definition) is 1. The summed E-state index contributed by atoms with van der Waals surface area (Å²) in [6, 6.07) is 11.2. The van der Waals surface area contributed by atoms with E-state index in [4.69, 9.17) is 20.9 Å². The second-order valence-corrected chi connectivity index (χ2v) is 11.1. The van der Waals surface area contributed by atoms with Crippen LogP contribution in [0, 0.1) is 0 Å². The van der Waals surface area contributed by atoms with Gasteiger partial charge in [-0.3, -0.25) is 4.79 Å². The van der Waals surface area contributed by atoms with Crippen LogP contribution in [0.2, 0.25) is 4.34 Å². The van der Waals surface area contributed by atoms with Crippen molar-refractivity contribution in [1.82, 2.24) is 24.9 Å². The quantitative estimate of drug-likeness (QED) is 0.334. The Kier molecular flexibility index (Phi) is 7.32. The Balaban J connectivity index is 1.48. The molecule has 1 aromatic carbocycles. The molecular weight excluding hydrogens is 514 g/mol. The number of nitrogens with one attached hydrogen (secondary N) is 1. The van der Waals surface area contributed by atoms with Crippen molar-refractivity contribution in [2.45, 2.75) is 45.3 Å². The lowest BCUT2D eigenvalue weighted by atomic mass is 10.0. The number of aromatic nitrogens is 3. The Morgan fingerprint density at radius 2 is 2.03 bits per heavy atom. The van der Waals surface area contributed by atoms with Crippen LogP contribution in [0.5, 0.6) is 0 Å². The van der Waals surface area contributed by atoms with Gasteiger partial charge in [0.15, 0.2) is 11.6 Å². The van der Waals surface area contributed by atoms with Gasteiger partial charge in [-0.25, -0.2) is 9.78 Å². The summed E-state index contributed by atoms with van der Waals surface area (Å²) in [6.45, 7) is 6.41. The van der Waals surface area contributed by atoms with E-state index < -0.39 is 5.97 Å². The molecule has 0 aliphatic carbocycles. The van der Waals surface area contributed by atoms with Crippen LogP contribution < -0.4 is 5.32 Å². The molecule has 11 heteroatoms. The summed E-state index contributed by atoms with van der Waals surface area (Å²) in [7, 11) is 1.33. The van der Waals surface area contributed by atoms with Crippen molar-refractivity contribution in [3.63, 3.8) is 0 Å². The zero-order chi connectivity index (χ0) is 26.1. The fourth-order valence-corrected chi connectivity index (χ4v) is 5.70. The molecule has 194 valence electrons. The second-order valence-electron chi connectivity index (χ2n) is 9.35. The van der Waals surface area contributed by atoms with Crippen LogP contribution >= 0.6 is 22.9 Å².